The maximum Gasteiger partial charge on any atom is 0.255 e. The van der Waals surface area contributed by atoms with Gasteiger partial charge in [-0.15, -0.1) is 0 Å². The molecule has 35 heavy (non-hydrogen) atoms. The summed E-state index contributed by atoms with van der Waals surface area (Å²) in [6, 6.07) is 11.7. The second-order valence-corrected chi connectivity index (χ2v) is 9.38. The molecule has 3 saturated carbocycles. The number of carbonyl (C=O) groups excluding carboxylic acids is 2. The van der Waals surface area contributed by atoms with E-state index in [-0.39, 0.29) is 34.0 Å². The van der Waals surface area contributed by atoms with Crippen molar-refractivity contribution in [2.75, 3.05) is 7.05 Å². The van der Waals surface area contributed by atoms with Gasteiger partial charge < -0.3 is 15.1 Å². The summed E-state index contributed by atoms with van der Waals surface area (Å²) in [5.74, 6) is -0.865. The third kappa shape index (κ3) is 3.48. The number of halogens is 2. The summed E-state index contributed by atoms with van der Waals surface area (Å²) in [4.78, 5) is 29.9. The van der Waals surface area contributed by atoms with E-state index in [1.54, 1.807) is 18.3 Å². The average molecular weight is 473 g/mol. The first kappa shape index (κ1) is 21.5. The molecule has 3 aliphatic carbocycles. The summed E-state index contributed by atoms with van der Waals surface area (Å²) in [6.07, 6.45) is 4.42. The van der Waals surface area contributed by atoms with E-state index in [1.807, 2.05) is 0 Å². The topological polar surface area (TPSA) is 84.2 Å². The van der Waals surface area contributed by atoms with Crippen LogP contribution in [-0.2, 0) is 0 Å². The van der Waals surface area contributed by atoms with Gasteiger partial charge in [0, 0.05) is 29.9 Å². The highest BCUT2D eigenvalue weighted by atomic mass is 19.1. The van der Waals surface area contributed by atoms with Gasteiger partial charge in [-0.25, -0.2) is 13.8 Å². The van der Waals surface area contributed by atoms with Crippen molar-refractivity contribution >= 4 is 22.9 Å². The minimum absolute atomic E-state index is 0.0296. The van der Waals surface area contributed by atoms with Crippen molar-refractivity contribution in [1.29, 1.82) is 0 Å². The number of nitrogens with one attached hydrogen (secondary N) is 2. The molecule has 0 atom stereocenters. The summed E-state index contributed by atoms with van der Waals surface area (Å²) in [6.45, 7) is 0. The van der Waals surface area contributed by atoms with E-state index in [2.05, 4.69) is 15.6 Å². The fraction of sp³-hybridized carbons (Fsp3) is 0.222. The van der Waals surface area contributed by atoms with Crippen LogP contribution in [0.15, 0.2) is 59.1 Å². The van der Waals surface area contributed by atoms with E-state index in [9.17, 15) is 18.4 Å². The summed E-state index contributed by atoms with van der Waals surface area (Å²) in [5.41, 5.74) is 1.99. The second-order valence-electron chi connectivity index (χ2n) is 9.38. The molecule has 0 spiro atoms. The van der Waals surface area contributed by atoms with Crippen LogP contribution in [0.2, 0.25) is 0 Å². The van der Waals surface area contributed by atoms with Crippen molar-refractivity contribution in [2.45, 2.75) is 24.8 Å². The van der Waals surface area contributed by atoms with Gasteiger partial charge in [0.2, 0.25) is 5.71 Å². The molecule has 4 aromatic rings. The van der Waals surface area contributed by atoms with Gasteiger partial charge in [0.15, 0.2) is 0 Å². The summed E-state index contributed by atoms with van der Waals surface area (Å²) in [7, 11) is 1.50. The molecule has 0 radical (unpaired) electrons. The zero-order chi connectivity index (χ0) is 24.3. The molecular weight excluding hydrogens is 452 g/mol. The molecule has 2 amide bonds. The third-order valence-electron chi connectivity index (χ3n) is 7.07. The van der Waals surface area contributed by atoms with Crippen molar-refractivity contribution in [3.63, 3.8) is 0 Å². The van der Waals surface area contributed by atoms with Crippen molar-refractivity contribution in [3.8, 4) is 22.5 Å². The fourth-order valence-electron chi connectivity index (χ4n) is 5.11. The molecule has 2 N–H and O–H groups in total. The Morgan fingerprint density at radius 1 is 0.971 bits per heavy atom. The molecule has 7 rings (SSSR count). The van der Waals surface area contributed by atoms with Gasteiger partial charge in [0.1, 0.15) is 17.4 Å². The number of carbonyl (C=O) groups is 2. The molecule has 3 aliphatic rings. The monoisotopic (exact) mass is 473 g/mol. The molecule has 0 saturated heterocycles. The van der Waals surface area contributed by atoms with Gasteiger partial charge >= 0.3 is 0 Å². The SMILES string of the molecule is CNC(=O)c1c(-c2ccc(F)cc2)oc2ncc(-c3ccc(F)c(C(=O)NC45CC(C4)C5)c3)cc12. The molecule has 0 unspecified atom stereocenters. The van der Waals surface area contributed by atoms with Crippen LogP contribution < -0.4 is 10.6 Å². The van der Waals surface area contributed by atoms with E-state index >= 15 is 0 Å². The minimum atomic E-state index is -0.597. The number of fused-ring (bicyclic) bond motifs is 1. The van der Waals surface area contributed by atoms with Crippen LogP contribution in [0.25, 0.3) is 33.6 Å². The van der Waals surface area contributed by atoms with Crippen LogP contribution in [0, 0.1) is 17.6 Å². The molecule has 6 nitrogen and oxygen atoms in total. The van der Waals surface area contributed by atoms with E-state index in [1.165, 1.54) is 43.4 Å². The fourth-order valence-corrected chi connectivity index (χ4v) is 5.11. The number of amides is 2. The molecule has 8 heteroatoms. The van der Waals surface area contributed by atoms with E-state index in [0.29, 0.717) is 28.0 Å². The maximum atomic E-state index is 14.6. The largest absolute Gasteiger partial charge is 0.437 e. The first-order valence-electron chi connectivity index (χ1n) is 11.4. The maximum absolute atomic E-state index is 14.6. The van der Waals surface area contributed by atoms with Crippen LogP contribution >= 0.6 is 0 Å². The van der Waals surface area contributed by atoms with Crippen molar-refractivity contribution in [2.24, 2.45) is 5.92 Å². The summed E-state index contributed by atoms with van der Waals surface area (Å²) < 4.78 is 33.9. The smallest absolute Gasteiger partial charge is 0.255 e. The van der Waals surface area contributed by atoms with Crippen LogP contribution in [0.5, 0.6) is 0 Å². The average Bonchev–Trinajstić information content (AvgIpc) is 3.19. The van der Waals surface area contributed by atoms with E-state index in [0.717, 1.165) is 19.3 Å². The molecule has 3 fully saturated rings. The predicted octanol–water partition coefficient (Wildman–Crippen LogP) is 5.08. The van der Waals surface area contributed by atoms with Crippen molar-refractivity contribution < 1.29 is 22.8 Å². The Bertz CT molecular complexity index is 1490. The lowest BCUT2D eigenvalue weighted by atomic mass is 9.50. The molecule has 2 aromatic heterocycles. The highest BCUT2D eigenvalue weighted by Gasteiger charge is 2.57. The summed E-state index contributed by atoms with van der Waals surface area (Å²) >= 11 is 0. The first-order chi connectivity index (χ1) is 16.9. The number of hydrogen-bond donors (Lipinski definition) is 2. The minimum Gasteiger partial charge on any atom is -0.437 e. The number of hydrogen-bond acceptors (Lipinski definition) is 4. The summed E-state index contributed by atoms with van der Waals surface area (Å²) in [5, 5.41) is 6.05. The number of nitrogens with zero attached hydrogens (tertiary/aromatic N) is 1. The highest BCUT2D eigenvalue weighted by Crippen LogP contribution is 2.57. The quantitative estimate of drug-likeness (QED) is 0.423. The first-order valence-corrected chi connectivity index (χ1v) is 11.4. The molecule has 2 heterocycles. The standard InChI is InChI=1S/C27H21F2N3O3/c1-30-25(34)22-20-9-17(13-31-26(20)35-23(22)15-2-5-18(28)6-3-15)16-4-7-21(29)19(8-16)24(33)32-27-10-14(11-27)12-27/h2-9,13-14H,10-12H2,1H3,(H,30,34)(H,32,33). The molecule has 2 bridgehead atoms. The Balaban J connectivity index is 1.41. The van der Waals surface area contributed by atoms with E-state index < -0.39 is 17.5 Å². The Kier molecular flexibility index (Phi) is 4.74. The molecular formula is C27H21F2N3O3. The third-order valence-corrected chi connectivity index (χ3v) is 7.07. The van der Waals surface area contributed by atoms with Gasteiger partial charge in [0.25, 0.3) is 11.8 Å². The van der Waals surface area contributed by atoms with Crippen molar-refractivity contribution in [1.82, 2.24) is 15.6 Å². The van der Waals surface area contributed by atoms with Crippen LogP contribution in [0.3, 0.4) is 0 Å². The Morgan fingerprint density at radius 3 is 2.34 bits per heavy atom. The van der Waals surface area contributed by atoms with Gasteiger partial charge in [-0.3, -0.25) is 9.59 Å². The number of benzene rings is 2. The lowest BCUT2D eigenvalue weighted by molar-refractivity contribution is -0.0439. The van der Waals surface area contributed by atoms with Crippen LogP contribution in [0.1, 0.15) is 40.0 Å². The van der Waals surface area contributed by atoms with Gasteiger partial charge in [-0.1, -0.05) is 6.07 Å². The number of aromatic nitrogens is 1. The molecule has 0 aliphatic heterocycles. The molecule has 2 aromatic carbocycles. The van der Waals surface area contributed by atoms with Crippen molar-refractivity contribution in [3.05, 3.63) is 77.5 Å². The molecule has 176 valence electrons. The van der Waals surface area contributed by atoms with Crippen LogP contribution in [-0.4, -0.2) is 29.4 Å². The highest BCUT2D eigenvalue weighted by molar-refractivity contribution is 6.11. The Labute approximate surface area is 199 Å². The Hall–Kier alpha value is -4.07. The zero-order valence-electron chi connectivity index (χ0n) is 18.8. The predicted molar refractivity (Wildman–Crippen MR) is 126 cm³/mol. The lowest BCUT2D eigenvalue weighted by Crippen LogP contribution is -2.68. The normalized spacial score (nSPS) is 20.1. The Morgan fingerprint density at radius 2 is 1.69 bits per heavy atom. The van der Waals surface area contributed by atoms with Gasteiger partial charge in [0.05, 0.1) is 16.5 Å². The zero-order valence-corrected chi connectivity index (χ0v) is 18.8. The number of furan rings is 1. The van der Waals surface area contributed by atoms with E-state index in [4.69, 9.17) is 4.42 Å². The number of rotatable bonds is 5. The lowest BCUT2D eigenvalue weighted by Gasteiger charge is -2.61. The van der Waals surface area contributed by atoms with Crippen LogP contribution in [0.4, 0.5) is 8.78 Å². The number of pyridine rings is 1. The second kappa shape index (κ2) is 7.73. The van der Waals surface area contributed by atoms with Gasteiger partial charge in [-0.2, -0.15) is 0 Å². The van der Waals surface area contributed by atoms with Gasteiger partial charge in [-0.05, 0) is 73.2 Å².